The third-order valence-electron chi connectivity index (χ3n) is 3.84. The Hall–Kier alpha value is -2.53. The van der Waals surface area contributed by atoms with Crippen LogP contribution >= 0.6 is 0 Å². The van der Waals surface area contributed by atoms with Gasteiger partial charge in [0.2, 0.25) is 0 Å². The summed E-state index contributed by atoms with van der Waals surface area (Å²) in [6.45, 7) is 7.51. The monoisotopic (exact) mass is 357 g/mol. The van der Waals surface area contributed by atoms with Crippen LogP contribution in [-0.4, -0.2) is 31.8 Å². The molecular weight excluding hydrogens is 330 g/mol. The van der Waals surface area contributed by atoms with Crippen LogP contribution in [0.5, 0.6) is 11.5 Å². The van der Waals surface area contributed by atoms with Crippen molar-refractivity contribution in [3.8, 4) is 11.5 Å². The molecule has 0 saturated carbocycles. The van der Waals surface area contributed by atoms with Crippen molar-refractivity contribution in [3.63, 3.8) is 0 Å². The summed E-state index contributed by atoms with van der Waals surface area (Å²) >= 11 is 0. The summed E-state index contributed by atoms with van der Waals surface area (Å²) in [5, 5.41) is 2.84. The Morgan fingerprint density at radius 2 is 1.62 bits per heavy atom. The third-order valence-corrected chi connectivity index (χ3v) is 3.84. The number of ether oxygens (including phenoxy) is 3. The first-order valence-electron chi connectivity index (χ1n) is 8.99. The van der Waals surface area contributed by atoms with Crippen molar-refractivity contribution in [2.24, 2.45) is 0 Å². The van der Waals surface area contributed by atoms with Crippen LogP contribution < -0.4 is 14.8 Å². The van der Waals surface area contributed by atoms with E-state index in [-0.39, 0.29) is 5.91 Å². The normalized spacial score (nSPS) is 11.7. The Balaban J connectivity index is 1.81. The summed E-state index contributed by atoms with van der Waals surface area (Å²) in [5.74, 6) is 1.22. The maximum atomic E-state index is 12.3. The van der Waals surface area contributed by atoms with Crippen molar-refractivity contribution >= 4 is 11.6 Å². The van der Waals surface area contributed by atoms with E-state index in [4.69, 9.17) is 14.2 Å². The summed E-state index contributed by atoms with van der Waals surface area (Å²) in [7, 11) is 0. The number of hydrogen-bond donors (Lipinski definition) is 1. The van der Waals surface area contributed by atoms with Crippen LogP contribution in [0.3, 0.4) is 0 Å². The Morgan fingerprint density at radius 1 is 0.962 bits per heavy atom. The molecule has 2 aromatic rings. The van der Waals surface area contributed by atoms with E-state index in [1.807, 2.05) is 43.3 Å². The van der Waals surface area contributed by atoms with Gasteiger partial charge in [-0.05, 0) is 62.2 Å². The van der Waals surface area contributed by atoms with Crippen molar-refractivity contribution in [1.82, 2.24) is 0 Å². The Labute approximate surface area is 155 Å². The highest BCUT2D eigenvalue weighted by molar-refractivity contribution is 5.94. The Morgan fingerprint density at radius 3 is 2.23 bits per heavy atom. The molecule has 0 radical (unpaired) electrons. The number of benzene rings is 2. The van der Waals surface area contributed by atoms with E-state index in [1.165, 1.54) is 5.56 Å². The predicted octanol–water partition coefficient (Wildman–Crippen LogP) is 4.07. The molecule has 5 heteroatoms. The molecule has 0 heterocycles. The van der Waals surface area contributed by atoms with Gasteiger partial charge < -0.3 is 19.5 Å². The lowest BCUT2D eigenvalue weighted by molar-refractivity contribution is -0.122. The van der Waals surface area contributed by atoms with Crippen LogP contribution in [0, 0.1) is 0 Å². The highest BCUT2D eigenvalue weighted by atomic mass is 16.5. The van der Waals surface area contributed by atoms with Gasteiger partial charge in [0.25, 0.3) is 5.91 Å². The molecule has 5 nitrogen and oxygen atoms in total. The van der Waals surface area contributed by atoms with Crippen molar-refractivity contribution in [2.75, 3.05) is 25.1 Å². The summed E-state index contributed by atoms with van der Waals surface area (Å²) < 4.78 is 16.5. The summed E-state index contributed by atoms with van der Waals surface area (Å²) in [4.78, 5) is 12.3. The van der Waals surface area contributed by atoms with Crippen molar-refractivity contribution < 1.29 is 19.0 Å². The zero-order valence-electron chi connectivity index (χ0n) is 15.7. The van der Waals surface area contributed by atoms with Crippen molar-refractivity contribution in [3.05, 3.63) is 54.1 Å². The number of anilines is 1. The fourth-order valence-electron chi connectivity index (χ4n) is 2.30. The lowest BCUT2D eigenvalue weighted by Crippen LogP contribution is -2.30. The summed E-state index contributed by atoms with van der Waals surface area (Å²) in [5.41, 5.74) is 1.93. The standard InChI is InChI=1S/C21H27NO4/c1-4-17-6-10-20(11-7-17)26-16(3)21(23)22-18-8-12-19(13-9-18)25-15-14-24-5-2/h6-13,16H,4-5,14-15H2,1-3H3,(H,22,23). The van der Waals surface area contributed by atoms with Gasteiger partial charge in [-0.2, -0.15) is 0 Å². The second-order valence-corrected chi connectivity index (χ2v) is 5.82. The van der Waals surface area contributed by atoms with E-state index in [9.17, 15) is 4.79 Å². The quantitative estimate of drug-likeness (QED) is 0.651. The first-order chi connectivity index (χ1) is 12.6. The molecule has 2 aromatic carbocycles. The van der Waals surface area contributed by atoms with Gasteiger partial charge in [0, 0.05) is 12.3 Å². The van der Waals surface area contributed by atoms with Crippen LogP contribution in [0.2, 0.25) is 0 Å². The van der Waals surface area contributed by atoms with Crippen LogP contribution in [0.25, 0.3) is 0 Å². The second kappa shape index (κ2) is 10.5. The van der Waals surface area contributed by atoms with Crippen molar-refractivity contribution in [2.45, 2.75) is 33.3 Å². The van der Waals surface area contributed by atoms with Crippen LogP contribution in [-0.2, 0) is 16.0 Å². The topological polar surface area (TPSA) is 56.8 Å². The molecule has 1 unspecified atom stereocenters. The number of hydrogen-bond acceptors (Lipinski definition) is 4. The van der Waals surface area contributed by atoms with E-state index in [2.05, 4.69) is 12.2 Å². The maximum absolute atomic E-state index is 12.3. The summed E-state index contributed by atoms with van der Waals surface area (Å²) in [6, 6.07) is 15.0. The SMILES string of the molecule is CCOCCOc1ccc(NC(=O)C(C)Oc2ccc(CC)cc2)cc1. The molecule has 0 aliphatic carbocycles. The number of aryl methyl sites for hydroxylation is 1. The molecule has 0 aliphatic heterocycles. The van der Waals surface area contributed by atoms with E-state index < -0.39 is 6.10 Å². The van der Waals surface area contributed by atoms with Gasteiger partial charge in [-0.1, -0.05) is 19.1 Å². The molecule has 140 valence electrons. The third kappa shape index (κ3) is 6.41. The predicted molar refractivity (Wildman–Crippen MR) is 103 cm³/mol. The first kappa shape index (κ1) is 19.8. The van der Waals surface area contributed by atoms with E-state index in [0.29, 0.717) is 31.3 Å². The minimum Gasteiger partial charge on any atom is -0.491 e. The Kier molecular flexibility index (Phi) is 7.96. The lowest BCUT2D eigenvalue weighted by atomic mass is 10.2. The molecule has 0 aromatic heterocycles. The molecule has 26 heavy (non-hydrogen) atoms. The highest BCUT2D eigenvalue weighted by Crippen LogP contribution is 2.17. The average Bonchev–Trinajstić information content (AvgIpc) is 2.67. The zero-order chi connectivity index (χ0) is 18.8. The largest absolute Gasteiger partial charge is 0.491 e. The minimum atomic E-state index is -0.593. The number of rotatable bonds is 10. The molecule has 2 rings (SSSR count). The van der Waals surface area contributed by atoms with Gasteiger partial charge in [-0.25, -0.2) is 0 Å². The number of carbonyl (C=O) groups is 1. The molecule has 0 fully saturated rings. The van der Waals surface area contributed by atoms with Gasteiger partial charge in [0.05, 0.1) is 6.61 Å². The highest BCUT2D eigenvalue weighted by Gasteiger charge is 2.15. The molecule has 0 spiro atoms. The molecular formula is C21H27NO4. The zero-order valence-corrected chi connectivity index (χ0v) is 15.7. The molecule has 1 N–H and O–H groups in total. The first-order valence-corrected chi connectivity index (χ1v) is 8.99. The minimum absolute atomic E-state index is 0.199. The van der Waals surface area contributed by atoms with E-state index in [1.54, 1.807) is 19.1 Å². The fraction of sp³-hybridized carbons (Fsp3) is 0.381. The van der Waals surface area contributed by atoms with Crippen LogP contribution in [0.4, 0.5) is 5.69 Å². The maximum Gasteiger partial charge on any atom is 0.265 e. The van der Waals surface area contributed by atoms with Gasteiger partial charge in [0.1, 0.15) is 18.1 Å². The number of carbonyl (C=O) groups excluding carboxylic acids is 1. The second-order valence-electron chi connectivity index (χ2n) is 5.82. The number of amides is 1. The molecule has 0 aliphatic rings. The van der Waals surface area contributed by atoms with E-state index in [0.717, 1.165) is 12.2 Å². The van der Waals surface area contributed by atoms with Crippen molar-refractivity contribution in [1.29, 1.82) is 0 Å². The fourth-order valence-corrected chi connectivity index (χ4v) is 2.30. The van der Waals surface area contributed by atoms with Crippen LogP contribution in [0.15, 0.2) is 48.5 Å². The molecule has 1 atom stereocenters. The smallest absolute Gasteiger partial charge is 0.265 e. The van der Waals surface area contributed by atoms with Gasteiger partial charge >= 0.3 is 0 Å². The van der Waals surface area contributed by atoms with Gasteiger partial charge in [-0.3, -0.25) is 4.79 Å². The van der Waals surface area contributed by atoms with Crippen LogP contribution in [0.1, 0.15) is 26.3 Å². The average molecular weight is 357 g/mol. The number of nitrogens with one attached hydrogen (secondary N) is 1. The summed E-state index contributed by atoms with van der Waals surface area (Å²) in [6.07, 6.45) is 0.381. The molecule has 0 saturated heterocycles. The van der Waals surface area contributed by atoms with Gasteiger partial charge in [0.15, 0.2) is 6.10 Å². The lowest BCUT2D eigenvalue weighted by Gasteiger charge is -2.15. The molecule has 1 amide bonds. The van der Waals surface area contributed by atoms with E-state index >= 15 is 0 Å². The molecule has 0 bridgehead atoms. The Bertz CT molecular complexity index is 667. The van der Waals surface area contributed by atoms with Gasteiger partial charge in [-0.15, -0.1) is 0 Å².